The SMILES string of the molecule is CC(=NC(Cn1ccnc1)c1ccccc1)c1ccc(-c2ccc(Cl)cc2)cc1. The monoisotopic (exact) mass is 399 g/mol. The van der Waals surface area contributed by atoms with Gasteiger partial charge >= 0.3 is 0 Å². The van der Waals surface area contributed by atoms with Crippen molar-refractivity contribution in [1.29, 1.82) is 0 Å². The van der Waals surface area contributed by atoms with Gasteiger partial charge in [0.2, 0.25) is 0 Å². The zero-order chi connectivity index (χ0) is 20.1. The highest BCUT2D eigenvalue weighted by atomic mass is 35.5. The van der Waals surface area contributed by atoms with Crippen molar-refractivity contribution in [3.05, 3.63) is 114 Å². The number of rotatable bonds is 6. The fourth-order valence-corrected chi connectivity index (χ4v) is 3.47. The Labute approximate surface area is 176 Å². The standard InChI is InChI=1S/C25H22ClN3/c1-19(20-7-9-21(10-8-20)22-11-13-24(26)14-12-22)28-25(17-29-16-15-27-18-29)23-5-3-2-4-6-23/h2-16,18,25H,17H2,1H3. The summed E-state index contributed by atoms with van der Waals surface area (Å²) in [4.78, 5) is 9.21. The van der Waals surface area contributed by atoms with Gasteiger partial charge in [0, 0.05) is 23.1 Å². The lowest BCUT2D eigenvalue weighted by Crippen LogP contribution is -2.09. The molecule has 4 heteroatoms. The van der Waals surface area contributed by atoms with Gasteiger partial charge in [-0.05, 0) is 41.3 Å². The fourth-order valence-electron chi connectivity index (χ4n) is 3.34. The topological polar surface area (TPSA) is 30.2 Å². The Morgan fingerprint density at radius 3 is 2.21 bits per heavy atom. The van der Waals surface area contributed by atoms with Gasteiger partial charge < -0.3 is 4.57 Å². The third-order valence-corrected chi connectivity index (χ3v) is 5.21. The van der Waals surface area contributed by atoms with E-state index in [9.17, 15) is 0 Å². The van der Waals surface area contributed by atoms with Crippen LogP contribution in [-0.2, 0) is 6.54 Å². The van der Waals surface area contributed by atoms with E-state index in [2.05, 4.69) is 65.0 Å². The number of nitrogens with zero attached hydrogens (tertiary/aromatic N) is 3. The van der Waals surface area contributed by atoms with Crippen LogP contribution in [0.1, 0.15) is 24.1 Å². The number of aliphatic imine (C=N–C) groups is 1. The van der Waals surface area contributed by atoms with Crippen LogP contribution in [0.15, 0.2) is 103 Å². The Hall–Kier alpha value is -3.17. The average Bonchev–Trinajstić information content (AvgIpc) is 3.28. The molecule has 0 saturated heterocycles. The van der Waals surface area contributed by atoms with E-state index < -0.39 is 0 Å². The number of hydrogen-bond acceptors (Lipinski definition) is 2. The van der Waals surface area contributed by atoms with Gasteiger partial charge in [-0.1, -0.05) is 78.3 Å². The van der Waals surface area contributed by atoms with Gasteiger partial charge in [0.1, 0.15) is 0 Å². The molecule has 1 unspecified atom stereocenters. The highest BCUT2D eigenvalue weighted by Crippen LogP contribution is 2.24. The van der Waals surface area contributed by atoms with Crippen molar-refractivity contribution in [2.24, 2.45) is 4.99 Å². The van der Waals surface area contributed by atoms with Crippen molar-refractivity contribution in [1.82, 2.24) is 9.55 Å². The second kappa shape index (κ2) is 8.89. The molecular formula is C25H22ClN3. The summed E-state index contributed by atoms with van der Waals surface area (Å²) >= 11 is 5.99. The summed E-state index contributed by atoms with van der Waals surface area (Å²) in [7, 11) is 0. The minimum atomic E-state index is 0.0290. The molecule has 0 saturated carbocycles. The molecule has 0 N–H and O–H groups in total. The maximum Gasteiger partial charge on any atom is 0.0946 e. The average molecular weight is 400 g/mol. The highest BCUT2D eigenvalue weighted by molar-refractivity contribution is 6.30. The van der Waals surface area contributed by atoms with Crippen molar-refractivity contribution in [2.75, 3.05) is 0 Å². The summed E-state index contributed by atoms with van der Waals surface area (Å²) in [5, 5.41) is 0.748. The van der Waals surface area contributed by atoms with Gasteiger partial charge in [0.15, 0.2) is 0 Å². The third kappa shape index (κ3) is 4.82. The van der Waals surface area contributed by atoms with E-state index in [4.69, 9.17) is 16.6 Å². The lowest BCUT2D eigenvalue weighted by atomic mass is 10.0. The molecule has 3 nitrogen and oxygen atoms in total. The molecule has 1 heterocycles. The van der Waals surface area contributed by atoms with Crippen LogP contribution in [-0.4, -0.2) is 15.3 Å². The van der Waals surface area contributed by atoms with Crippen LogP contribution in [0, 0.1) is 0 Å². The van der Waals surface area contributed by atoms with E-state index in [1.165, 1.54) is 5.56 Å². The molecule has 0 fully saturated rings. The number of aromatic nitrogens is 2. The molecule has 144 valence electrons. The van der Waals surface area contributed by atoms with Crippen molar-refractivity contribution >= 4 is 17.3 Å². The highest BCUT2D eigenvalue weighted by Gasteiger charge is 2.12. The van der Waals surface area contributed by atoms with E-state index in [1.54, 1.807) is 6.20 Å². The molecule has 0 spiro atoms. The lowest BCUT2D eigenvalue weighted by Gasteiger charge is -2.15. The Kier molecular flexibility index (Phi) is 5.87. The van der Waals surface area contributed by atoms with Gasteiger partial charge in [-0.25, -0.2) is 4.98 Å². The van der Waals surface area contributed by atoms with Crippen LogP contribution >= 0.6 is 11.6 Å². The predicted molar refractivity (Wildman–Crippen MR) is 121 cm³/mol. The van der Waals surface area contributed by atoms with Crippen molar-refractivity contribution < 1.29 is 0 Å². The van der Waals surface area contributed by atoms with Crippen LogP contribution in [0.25, 0.3) is 11.1 Å². The van der Waals surface area contributed by atoms with Gasteiger partial charge in [-0.15, -0.1) is 0 Å². The largest absolute Gasteiger partial charge is 0.335 e. The molecule has 0 radical (unpaired) electrons. The summed E-state index contributed by atoms with van der Waals surface area (Å²) in [6.45, 7) is 2.82. The number of benzene rings is 3. The summed E-state index contributed by atoms with van der Waals surface area (Å²) in [6.07, 6.45) is 5.61. The molecule has 1 aromatic heterocycles. The Balaban J connectivity index is 1.59. The van der Waals surface area contributed by atoms with Gasteiger partial charge in [-0.2, -0.15) is 0 Å². The summed E-state index contributed by atoms with van der Waals surface area (Å²) in [6, 6.07) is 26.8. The maximum atomic E-state index is 5.99. The second-order valence-corrected chi connectivity index (χ2v) is 7.42. The Morgan fingerprint density at radius 2 is 1.59 bits per heavy atom. The molecule has 0 aliphatic rings. The molecular weight excluding hydrogens is 378 g/mol. The van der Waals surface area contributed by atoms with E-state index in [0.29, 0.717) is 0 Å². The molecule has 0 aliphatic carbocycles. The van der Waals surface area contributed by atoms with Crippen LogP contribution in [0.2, 0.25) is 5.02 Å². The number of hydrogen-bond donors (Lipinski definition) is 0. The molecule has 3 aromatic carbocycles. The molecule has 1 atom stereocenters. The van der Waals surface area contributed by atoms with Crippen molar-refractivity contribution in [3.63, 3.8) is 0 Å². The van der Waals surface area contributed by atoms with E-state index in [1.807, 2.05) is 42.9 Å². The first-order valence-electron chi connectivity index (χ1n) is 9.60. The summed E-state index contributed by atoms with van der Waals surface area (Å²) < 4.78 is 2.07. The molecule has 4 rings (SSSR count). The summed E-state index contributed by atoms with van der Waals surface area (Å²) in [5.74, 6) is 0. The van der Waals surface area contributed by atoms with Crippen LogP contribution in [0.5, 0.6) is 0 Å². The zero-order valence-electron chi connectivity index (χ0n) is 16.2. The lowest BCUT2D eigenvalue weighted by molar-refractivity contribution is 0.579. The molecule has 0 aliphatic heterocycles. The minimum Gasteiger partial charge on any atom is -0.335 e. The molecule has 29 heavy (non-hydrogen) atoms. The first-order valence-corrected chi connectivity index (χ1v) is 9.98. The van der Waals surface area contributed by atoms with Gasteiger partial charge in [-0.3, -0.25) is 4.99 Å². The van der Waals surface area contributed by atoms with Gasteiger partial charge in [0.25, 0.3) is 0 Å². The maximum absolute atomic E-state index is 5.99. The number of halogens is 1. The van der Waals surface area contributed by atoms with Crippen LogP contribution in [0.3, 0.4) is 0 Å². The van der Waals surface area contributed by atoms with Crippen molar-refractivity contribution in [3.8, 4) is 11.1 Å². The van der Waals surface area contributed by atoms with Crippen molar-refractivity contribution in [2.45, 2.75) is 19.5 Å². The smallest absolute Gasteiger partial charge is 0.0946 e. The first-order chi connectivity index (χ1) is 14.2. The first kappa shape index (κ1) is 19.2. The van der Waals surface area contributed by atoms with E-state index in [-0.39, 0.29) is 6.04 Å². The van der Waals surface area contributed by atoms with E-state index in [0.717, 1.165) is 34.0 Å². The minimum absolute atomic E-state index is 0.0290. The number of imidazole rings is 1. The second-order valence-electron chi connectivity index (χ2n) is 6.98. The Morgan fingerprint density at radius 1 is 0.931 bits per heavy atom. The normalized spacial score (nSPS) is 12.7. The molecule has 4 aromatic rings. The Bertz CT molecular complexity index is 1070. The third-order valence-electron chi connectivity index (χ3n) is 4.96. The molecule has 0 amide bonds. The quantitative estimate of drug-likeness (QED) is 0.342. The predicted octanol–water partition coefficient (Wildman–Crippen LogP) is 6.45. The van der Waals surface area contributed by atoms with E-state index >= 15 is 0 Å². The van der Waals surface area contributed by atoms with Crippen LogP contribution in [0.4, 0.5) is 0 Å². The van der Waals surface area contributed by atoms with Crippen LogP contribution < -0.4 is 0 Å². The zero-order valence-corrected chi connectivity index (χ0v) is 17.0. The van der Waals surface area contributed by atoms with Gasteiger partial charge in [0.05, 0.1) is 18.9 Å². The molecule has 0 bridgehead atoms. The summed E-state index contributed by atoms with van der Waals surface area (Å²) in [5.41, 5.74) is 5.64. The fraction of sp³-hybridized carbons (Fsp3) is 0.120.